The maximum atomic E-state index is 12.1. The van der Waals surface area contributed by atoms with Crippen molar-refractivity contribution in [3.8, 4) is 0 Å². The van der Waals surface area contributed by atoms with Gasteiger partial charge in [0.2, 0.25) is 5.91 Å². The Balaban J connectivity index is 1.75. The number of nitrogens with one attached hydrogen (secondary N) is 2. The highest BCUT2D eigenvalue weighted by molar-refractivity contribution is 5.93. The van der Waals surface area contributed by atoms with Crippen molar-refractivity contribution in [2.75, 3.05) is 13.6 Å². The number of H-pyrrole nitrogens is 1. The van der Waals surface area contributed by atoms with Crippen LogP contribution in [0.5, 0.6) is 0 Å². The average molecular weight is 316 g/mol. The molecule has 1 saturated heterocycles. The maximum absolute atomic E-state index is 12.1. The molecule has 0 aromatic carbocycles. The molecular weight excluding hydrogens is 296 g/mol. The van der Waals surface area contributed by atoms with E-state index in [1.807, 2.05) is 17.8 Å². The lowest BCUT2D eigenvalue weighted by atomic mass is 9.88. The Labute approximate surface area is 133 Å². The lowest BCUT2D eigenvalue weighted by molar-refractivity contribution is -0.137. The van der Waals surface area contributed by atoms with Crippen LogP contribution in [0, 0.1) is 5.92 Å². The predicted molar refractivity (Wildman–Crippen MR) is 82.4 cm³/mol. The summed E-state index contributed by atoms with van der Waals surface area (Å²) in [6.45, 7) is 0.485. The lowest BCUT2D eigenvalue weighted by Crippen LogP contribution is -2.45. The van der Waals surface area contributed by atoms with Gasteiger partial charge in [0, 0.05) is 51.6 Å². The molecule has 23 heavy (non-hydrogen) atoms. The van der Waals surface area contributed by atoms with Crippen molar-refractivity contribution < 1.29 is 9.59 Å². The first kappa shape index (κ1) is 15.3. The zero-order valence-corrected chi connectivity index (χ0v) is 13.2. The summed E-state index contributed by atoms with van der Waals surface area (Å²) in [7, 11) is 3.71. The second-order valence-corrected chi connectivity index (χ2v) is 5.84. The molecule has 3 rings (SSSR count). The SMILES string of the molecule is CN1C(=O)CC[C@H](CNC(=O)c2cn[nH]c2)[C@H]1c1nccn1C. The average Bonchev–Trinajstić information content (AvgIpc) is 3.20. The Kier molecular flexibility index (Phi) is 4.14. The molecule has 3 heterocycles. The van der Waals surface area contributed by atoms with Gasteiger partial charge in [0.1, 0.15) is 5.82 Å². The molecule has 2 aromatic rings. The second kappa shape index (κ2) is 6.23. The Hall–Kier alpha value is -2.64. The van der Waals surface area contributed by atoms with Crippen molar-refractivity contribution in [3.63, 3.8) is 0 Å². The van der Waals surface area contributed by atoms with E-state index < -0.39 is 0 Å². The number of rotatable bonds is 4. The number of hydrogen-bond donors (Lipinski definition) is 2. The number of hydrogen-bond acceptors (Lipinski definition) is 4. The van der Waals surface area contributed by atoms with E-state index in [0.29, 0.717) is 18.5 Å². The molecule has 0 bridgehead atoms. The number of amides is 2. The van der Waals surface area contributed by atoms with E-state index in [4.69, 9.17) is 0 Å². The molecular formula is C15H20N6O2. The molecule has 8 heteroatoms. The minimum absolute atomic E-state index is 0.107. The Morgan fingerprint density at radius 2 is 2.30 bits per heavy atom. The van der Waals surface area contributed by atoms with Gasteiger partial charge in [-0.15, -0.1) is 0 Å². The van der Waals surface area contributed by atoms with E-state index in [9.17, 15) is 9.59 Å². The first-order valence-electron chi connectivity index (χ1n) is 7.57. The van der Waals surface area contributed by atoms with E-state index in [2.05, 4.69) is 20.5 Å². The highest BCUT2D eigenvalue weighted by Gasteiger charge is 2.37. The van der Waals surface area contributed by atoms with Gasteiger partial charge in [-0.3, -0.25) is 14.7 Å². The van der Waals surface area contributed by atoms with Crippen molar-refractivity contribution in [1.82, 2.24) is 30.0 Å². The monoisotopic (exact) mass is 316 g/mol. The Morgan fingerprint density at radius 3 is 2.96 bits per heavy atom. The highest BCUT2D eigenvalue weighted by atomic mass is 16.2. The molecule has 1 aliphatic rings. The van der Waals surface area contributed by atoms with E-state index in [1.165, 1.54) is 6.20 Å². The number of aryl methyl sites for hydroxylation is 1. The fourth-order valence-corrected chi connectivity index (χ4v) is 3.08. The fraction of sp³-hybridized carbons (Fsp3) is 0.467. The van der Waals surface area contributed by atoms with Crippen LogP contribution in [-0.4, -0.2) is 50.1 Å². The fourth-order valence-electron chi connectivity index (χ4n) is 3.08. The van der Waals surface area contributed by atoms with E-state index >= 15 is 0 Å². The van der Waals surface area contributed by atoms with Crippen molar-refractivity contribution >= 4 is 11.8 Å². The maximum Gasteiger partial charge on any atom is 0.254 e. The molecule has 2 aromatic heterocycles. The summed E-state index contributed by atoms with van der Waals surface area (Å²) >= 11 is 0. The highest BCUT2D eigenvalue weighted by Crippen LogP contribution is 2.34. The van der Waals surface area contributed by atoms with Crippen LogP contribution in [0.25, 0.3) is 0 Å². The third kappa shape index (κ3) is 2.96. The Bertz CT molecular complexity index is 693. The second-order valence-electron chi connectivity index (χ2n) is 5.84. The van der Waals surface area contributed by atoms with E-state index in [0.717, 1.165) is 12.2 Å². The summed E-state index contributed by atoms with van der Waals surface area (Å²) in [5.41, 5.74) is 0.499. The van der Waals surface area contributed by atoms with Gasteiger partial charge in [0.15, 0.2) is 0 Å². The number of aromatic amines is 1. The van der Waals surface area contributed by atoms with Crippen molar-refractivity contribution in [3.05, 3.63) is 36.2 Å². The summed E-state index contributed by atoms with van der Waals surface area (Å²) in [5.74, 6) is 0.894. The number of carbonyl (C=O) groups is 2. The molecule has 0 radical (unpaired) electrons. The summed E-state index contributed by atoms with van der Waals surface area (Å²) in [6.07, 6.45) is 7.85. The largest absolute Gasteiger partial charge is 0.352 e. The quantitative estimate of drug-likeness (QED) is 0.857. The number of likely N-dealkylation sites (tertiary alicyclic amines) is 1. The zero-order valence-electron chi connectivity index (χ0n) is 13.2. The predicted octanol–water partition coefficient (Wildman–Crippen LogP) is 0.483. The van der Waals surface area contributed by atoms with Gasteiger partial charge in [0.25, 0.3) is 5.91 Å². The molecule has 2 atom stereocenters. The van der Waals surface area contributed by atoms with Crippen LogP contribution in [0.15, 0.2) is 24.8 Å². The smallest absolute Gasteiger partial charge is 0.254 e. The van der Waals surface area contributed by atoms with Crippen molar-refractivity contribution in [2.45, 2.75) is 18.9 Å². The number of nitrogens with zero attached hydrogens (tertiary/aromatic N) is 4. The van der Waals surface area contributed by atoms with Crippen LogP contribution in [0.2, 0.25) is 0 Å². The van der Waals surface area contributed by atoms with Crippen LogP contribution < -0.4 is 5.32 Å². The molecule has 122 valence electrons. The van der Waals surface area contributed by atoms with Crippen LogP contribution >= 0.6 is 0 Å². The Morgan fingerprint density at radius 1 is 1.48 bits per heavy atom. The first-order valence-corrected chi connectivity index (χ1v) is 7.57. The molecule has 0 aliphatic carbocycles. The van der Waals surface area contributed by atoms with E-state index in [-0.39, 0.29) is 23.8 Å². The summed E-state index contributed by atoms with van der Waals surface area (Å²) in [6, 6.07) is -0.138. The molecule has 1 fully saturated rings. The molecule has 1 aliphatic heterocycles. The minimum Gasteiger partial charge on any atom is -0.352 e. The molecule has 0 unspecified atom stereocenters. The zero-order chi connectivity index (χ0) is 16.4. The number of imidazole rings is 1. The van der Waals surface area contributed by atoms with Crippen molar-refractivity contribution in [2.24, 2.45) is 13.0 Å². The molecule has 2 amide bonds. The van der Waals surface area contributed by atoms with Gasteiger partial charge in [0.05, 0.1) is 17.8 Å². The van der Waals surface area contributed by atoms with Gasteiger partial charge in [-0.05, 0) is 6.42 Å². The van der Waals surface area contributed by atoms with Gasteiger partial charge in [-0.25, -0.2) is 4.98 Å². The van der Waals surface area contributed by atoms with Gasteiger partial charge in [-0.1, -0.05) is 0 Å². The van der Waals surface area contributed by atoms with Crippen LogP contribution in [0.3, 0.4) is 0 Å². The summed E-state index contributed by atoms with van der Waals surface area (Å²) in [5, 5.41) is 9.33. The topological polar surface area (TPSA) is 95.9 Å². The number of carbonyl (C=O) groups excluding carboxylic acids is 2. The molecule has 0 saturated carbocycles. The summed E-state index contributed by atoms with van der Waals surface area (Å²) < 4.78 is 1.92. The van der Waals surface area contributed by atoms with Crippen LogP contribution in [0.4, 0.5) is 0 Å². The molecule has 8 nitrogen and oxygen atoms in total. The third-order valence-corrected chi connectivity index (χ3v) is 4.39. The van der Waals surface area contributed by atoms with Gasteiger partial charge >= 0.3 is 0 Å². The van der Waals surface area contributed by atoms with Gasteiger partial charge in [-0.2, -0.15) is 5.10 Å². The first-order chi connectivity index (χ1) is 11.1. The number of piperidine rings is 1. The third-order valence-electron chi connectivity index (χ3n) is 4.39. The van der Waals surface area contributed by atoms with E-state index in [1.54, 1.807) is 24.3 Å². The van der Waals surface area contributed by atoms with Gasteiger partial charge < -0.3 is 14.8 Å². The van der Waals surface area contributed by atoms with Crippen LogP contribution in [0.1, 0.15) is 35.1 Å². The lowest BCUT2D eigenvalue weighted by Gasteiger charge is -2.38. The molecule has 2 N–H and O–H groups in total. The normalized spacial score (nSPS) is 21.5. The van der Waals surface area contributed by atoms with Crippen molar-refractivity contribution in [1.29, 1.82) is 0 Å². The number of aromatic nitrogens is 4. The standard InChI is InChI=1S/C15H20N6O2/c1-20-6-5-16-14(20)13-10(3-4-12(22)21(13)2)7-17-15(23)11-8-18-19-9-11/h5-6,8-10,13H,3-4,7H2,1-2H3,(H,17,23)(H,18,19)/t10-,13+/m1/s1. The minimum atomic E-state index is -0.170. The van der Waals surface area contributed by atoms with Crippen LogP contribution in [-0.2, 0) is 11.8 Å². The summed E-state index contributed by atoms with van der Waals surface area (Å²) in [4.78, 5) is 30.3. The molecule has 0 spiro atoms.